The Labute approximate surface area is 145 Å². The van der Waals surface area contributed by atoms with Gasteiger partial charge >= 0.3 is 0 Å². The molecule has 4 aromatic rings. The Balaban J connectivity index is 1.63. The normalized spacial score (nSPS) is 13.6. The lowest BCUT2D eigenvalue weighted by Crippen LogP contribution is -2.13. The average Bonchev–Trinajstić information content (AvgIpc) is 3.19. The van der Waals surface area contributed by atoms with Crippen LogP contribution in [0.2, 0.25) is 0 Å². The van der Waals surface area contributed by atoms with Gasteiger partial charge in [-0.15, -0.1) is 0 Å². The van der Waals surface area contributed by atoms with E-state index in [1.54, 1.807) is 4.52 Å². The molecule has 4 aromatic heterocycles. The molecule has 0 N–H and O–H groups in total. The van der Waals surface area contributed by atoms with E-state index in [-0.39, 0.29) is 11.3 Å². The fourth-order valence-electron chi connectivity index (χ4n) is 2.89. The first kappa shape index (κ1) is 15.7. The van der Waals surface area contributed by atoms with Gasteiger partial charge in [-0.05, 0) is 28.9 Å². The van der Waals surface area contributed by atoms with Crippen LogP contribution in [-0.2, 0) is 11.8 Å². The molecule has 7 heteroatoms. The summed E-state index contributed by atoms with van der Waals surface area (Å²) in [4.78, 5) is 13.1. The van der Waals surface area contributed by atoms with Crippen LogP contribution in [-0.4, -0.2) is 34.2 Å². The summed E-state index contributed by atoms with van der Waals surface area (Å²) in [6.45, 7) is 8.70. The fourth-order valence-corrected chi connectivity index (χ4v) is 2.89. The molecule has 0 bridgehead atoms. The topological polar surface area (TPSA) is 73.3 Å². The van der Waals surface area contributed by atoms with Crippen molar-refractivity contribution in [2.24, 2.45) is 0 Å². The summed E-state index contributed by atoms with van der Waals surface area (Å²) in [5, 5.41) is 8.65. The summed E-state index contributed by atoms with van der Waals surface area (Å²) in [5.41, 5.74) is 4.38. The van der Waals surface area contributed by atoms with Gasteiger partial charge in [0.15, 0.2) is 5.65 Å². The lowest BCUT2D eigenvalue weighted by molar-refractivity contribution is 0.581. The molecule has 4 rings (SSSR count). The van der Waals surface area contributed by atoms with E-state index in [1.807, 2.05) is 29.3 Å². The van der Waals surface area contributed by atoms with E-state index in [0.29, 0.717) is 5.78 Å². The molecule has 0 fully saturated rings. The Morgan fingerprint density at radius 3 is 2.60 bits per heavy atom. The maximum Gasteiger partial charge on any atom is 0.252 e. The van der Waals surface area contributed by atoms with Crippen LogP contribution in [0, 0.1) is 0 Å². The zero-order chi connectivity index (χ0) is 17.6. The van der Waals surface area contributed by atoms with Gasteiger partial charge in [-0.25, -0.2) is 19.0 Å². The molecule has 1 unspecified atom stereocenters. The first-order valence-electron chi connectivity index (χ1n) is 8.40. The van der Waals surface area contributed by atoms with Crippen molar-refractivity contribution in [3.63, 3.8) is 0 Å². The fraction of sp³-hybridized carbons (Fsp3) is 0.389. The number of hydrogen-bond acceptors (Lipinski definition) is 5. The SMILES string of the molecule is CC(Cc1cnn2cc(C(C)(C)C)cnc12)c1cnc2ncnn2c1. The highest BCUT2D eigenvalue weighted by Gasteiger charge is 2.17. The van der Waals surface area contributed by atoms with E-state index in [0.717, 1.165) is 23.2 Å². The average molecular weight is 335 g/mol. The number of hydrogen-bond donors (Lipinski definition) is 0. The van der Waals surface area contributed by atoms with E-state index in [2.05, 4.69) is 59.0 Å². The molecule has 0 aliphatic rings. The Kier molecular flexibility index (Phi) is 3.52. The van der Waals surface area contributed by atoms with Gasteiger partial charge in [-0.3, -0.25) is 0 Å². The van der Waals surface area contributed by atoms with Crippen LogP contribution >= 0.6 is 0 Å². The third-order valence-electron chi connectivity index (χ3n) is 4.55. The van der Waals surface area contributed by atoms with Gasteiger partial charge in [-0.2, -0.15) is 15.2 Å². The minimum absolute atomic E-state index is 0.0550. The summed E-state index contributed by atoms with van der Waals surface area (Å²) in [6, 6.07) is 0. The highest BCUT2D eigenvalue weighted by atomic mass is 15.3. The molecule has 25 heavy (non-hydrogen) atoms. The summed E-state index contributed by atoms with van der Waals surface area (Å²) >= 11 is 0. The van der Waals surface area contributed by atoms with Crippen molar-refractivity contribution in [1.82, 2.24) is 34.2 Å². The molecule has 0 radical (unpaired) electrons. The highest BCUT2D eigenvalue weighted by Crippen LogP contribution is 2.24. The monoisotopic (exact) mass is 335 g/mol. The van der Waals surface area contributed by atoms with Gasteiger partial charge in [0.1, 0.15) is 6.33 Å². The predicted octanol–water partition coefficient (Wildman–Crippen LogP) is 2.81. The van der Waals surface area contributed by atoms with Crippen molar-refractivity contribution in [2.45, 2.75) is 45.4 Å². The Morgan fingerprint density at radius 1 is 0.960 bits per heavy atom. The third-order valence-corrected chi connectivity index (χ3v) is 4.55. The zero-order valence-electron chi connectivity index (χ0n) is 14.9. The second kappa shape index (κ2) is 5.61. The molecule has 1 atom stereocenters. The molecule has 0 aliphatic carbocycles. The highest BCUT2D eigenvalue weighted by molar-refractivity contribution is 5.47. The third kappa shape index (κ3) is 2.86. The summed E-state index contributed by atoms with van der Waals surface area (Å²) in [5.74, 6) is 0.890. The van der Waals surface area contributed by atoms with E-state index < -0.39 is 0 Å². The predicted molar refractivity (Wildman–Crippen MR) is 94.6 cm³/mol. The van der Waals surface area contributed by atoms with Crippen molar-refractivity contribution in [2.75, 3.05) is 0 Å². The first-order valence-corrected chi connectivity index (χ1v) is 8.40. The molecule has 7 nitrogen and oxygen atoms in total. The van der Waals surface area contributed by atoms with Crippen LogP contribution in [0.25, 0.3) is 11.4 Å². The number of rotatable bonds is 3. The molecule has 0 saturated heterocycles. The second-order valence-electron chi connectivity index (χ2n) is 7.53. The van der Waals surface area contributed by atoms with Gasteiger partial charge in [-0.1, -0.05) is 27.7 Å². The van der Waals surface area contributed by atoms with Crippen molar-refractivity contribution in [3.8, 4) is 0 Å². The van der Waals surface area contributed by atoms with E-state index >= 15 is 0 Å². The molecule has 0 aromatic carbocycles. The molecular formula is C18H21N7. The van der Waals surface area contributed by atoms with E-state index in [9.17, 15) is 0 Å². The molecule has 4 heterocycles. The molecule has 0 saturated carbocycles. The summed E-state index contributed by atoms with van der Waals surface area (Å²) in [6.07, 6.45) is 12.1. The molecular weight excluding hydrogens is 314 g/mol. The second-order valence-corrected chi connectivity index (χ2v) is 7.53. The quantitative estimate of drug-likeness (QED) is 0.575. The number of nitrogens with zero attached hydrogens (tertiary/aromatic N) is 7. The van der Waals surface area contributed by atoms with Crippen molar-refractivity contribution in [1.29, 1.82) is 0 Å². The lowest BCUT2D eigenvalue weighted by Gasteiger charge is -2.18. The Bertz CT molecular complexity index is 1040. The largest absolute Gasteiger partial charge is 0.252 e. The van der Waals surface area contributed by atoms with Crippen LogP contribution in [0.15, 0.2) is 37.3 Å². The molecule has 0 amide bonds. The van der Waals surface area contributed by atoms with Crippen LogP contribution in [0.1, 0.15) is 50.3 Å². The van der Waals surface area contributed by atoms with Gasteiger partial charge in [0.2, 0.25) is 0 Å². The lowest BCUT2D eigenvalue weighted by atomic mass is 9.89. The van der Waals surface area contributed by atoms with Crippen LogP contribution < -0.4 is 0 Å². The summed E-state index contributed by atoms with van der Waals surface area (Å²) in [7, 11) is 0. The minimum Gasteiger partial charge on any atom is -0.236 e. The van der Waals surface area contributed by atoms with E-state index in [1.165, 1.54) is 11.9 Å². The summed E-state index contributed by atoms with van der Waals surface area (Å²) < 4.78 is 3.58. The van der Waals surface area contributed by atoms with Crippen LogP contribution in [0.3, 0.4) is 0 Å². The zero-order valence-corrected chi connectivity index (χ0v) is 14.9. The van der Waals surface area contributed by atoms with Gasteiger partial charge in [0.05, 0.1) is 6.20 Å². The standard InChI is InChI=1S/C18H21N7/c1-12(14-6-20-17-21-11-23-25(17)9-14)5-13-7-22-24-10-15(18(2,3)4)8-19-16(13)24/h6-12H,5H2,1-4H3. The van der Waals surface area contributed by atoms with Crippen molar-refractivity contribution in [3.05, 3.63) is 54.0 Å². The van der Waals surface area contributed by atoms with Crippen molar-refractivity contribution < 1.29 is 0 Å². The number of fused-ring (bicyclic) bond motifs is 2. The van der Waals surface area contributed by atoms with E-state index in [4.69, 9.17) is 0 Å². The Hall–Kier alpha value is -2.83. The maximum absolute atomic E-state index is 4.65. The van der Waals surface area contributed by atoms with Gasteiger partial charge < -0.3 is 0 Å². The maximum atomic E-state index is 4.65. The first-order chi connectivity index (χ1) is 11.9. The van der Waals surface area contributed by atoms with Crippen LogP contribution in [0.4, 0.5) is 0 Å². The van der Waals surface area contributed by atoms with Crippen molar-refractivity contribution >= 4 is 11.4 Å². The molecule has 0 aliphatic heterocycles. The molecule has 0 spiro atoms. The number of aromatic nitrogens is 7. The van der Waals surface area contributed by atoms with Gasteiger partial charge in [0, 0.05) is 30.4 Å². The molecule has 128 valence electrons. The smallest absolute Gasteiger partial charge is 0.236 e. The Morgan fingerprint density at radius 2 is 1.80 bits per heavy atom. The van der Waals surface area contributed by atoms with Gasteiger partial charge in [0.25, 0.3) is 5.78 Å². The van der Waals surface area contributed by atoms with Crippen LogP contribution in [0.5, 0.6) is 0 Å². The minimum atomic E-state index is 0.0550.